The number of nitrogens with two attached hydrogens (primary N) is 1. The lowest BCUT2D eigenvalue weighted by molar-refractivity contribution is 0.415. The molecule has 3 aromatic rings. The third-order valence-corrected chi connectivity index (χ3v) is 3.45. The average molecular weight is 270 g/mol. The Bertz CT molecular complexity index is 747. The molecule has 0 saturated carbocycles. The average Bonchev–Trinajstić information content (AvgIpc) is 2.85. The van der Waals surface area contributed by atoms with Crippen LogP contribution in [0.5, 0.6) is 5.75 Å². The number of hydrogen-bond donors (Lipinski definition) is 2. The number of methoxy groups -OCH3 is 1. The minimum absolute atomic E-state index is 0.249. The maximum Gasteiger partial charge on any atom is 0.123 e. The topological polar surface area (TPSA) is 51.0 Å². The van der Waals surface area contributed by atoms with E-state index in [0.29, 0.717) is 6.54 Å². The van der Waals surface area contributed by atoms with Crippen LogP contribution in [0.15, 0.2) is 42.5 Å². The zero-order valence-corrected chi connectivity index (χ0v) is 11.1. The lowest BCUT2D eigenvalue weighted by atomic mass is 10.1. The van der Waals surface area contributed by atoms with Crippen LogP contribution in [0.1, 0.15) is 5.56 Å². The number of rotatable bonds is 3. The van der Waals surface area contributed by atoms with Crippen molar-refractivity contribution in [3.63, 3.8) is 0 Å². The zero-order chi connectivity index (χ0) is 14.1. The first kappa shape index (κ1) is 12.7. The molecule has 0 unspecified atom stereocenters. The number of aromatic amines is 1. The van der Waals surface area contributed by atoms with E-state index in [1.54, 1.807) is 19.2 Å². The van der Waals surface area contributed by atoms with E-state index in [0.717, 1.165) is 33.5 Å². The Kier molecular flexibility index (Phi) is 3.16. The van der Waals surface area contributed by atoms with Gasteiger partial charge in [-0.25, -0.2) is 4.39 Å². The molecular formula is C16H15FN2O. The number of halogens is 1. The van der Waals surface area contributed by atoms with Gasteiger partial charge in [0.1, 0.15) is 11.6 Å². The SMILES string of the molecule is COc1ccc2[nH]c(-c3ccc(F)cc3)c(CN)c2c1. The van der Waals surface area contributed by atoms with Crippen molar-refractivity contribution in [1.82, 2.24) is 4.98 Å². The van der Waals surface area contributed by atoms with Crippen LogP contribution in [0.3, 0.4) is 0 Å². The van der Waals surface area contributed by atoms with Crippen molar-refractivity contribution in [3.05, 3.63) is 53.8 Å². The van der Waals surface area contributed by atoms with Crippen LogP contribution >= 0.6 is 0 Å². The number of benzene rings is 2. The summed E-state index contributed by atoms with van der Waals surface area (Å²) in [7, 11) is 1.64. The highest BCUT2D eigenvalue weighted by atomic mass is 19.1. The lowest BCUT2D eigenvalue weighted by Gasteiger charge is -2.03. The monoisotopic (exact) mass is 270 g/mol. The van der Waals surface area contributed by atoms with Gasteiger partial charge in [0.15, 0.2) is 0 Å². The number of H-pyrrole nitrogens is 1. The van der Waals surface area contributed by atoms with Gasteiger partial charge >= 0.3 is 0 Å². The Balaban J connectivity index is 2.22. The molecule has 1 heterocycles. The van der Waals surface area contributed by atoms with Crippen molar-refractivity contribution in [3.8, 4) is 17.0 Å². The number of hydrogen-bond acceptors (Lipinski definition) is 2. The standard InChI is InChI=1S/C16H15FN2O/c1-20-12-6-7-15-13(8-12)14(9-18)16(19-15)10-2-4-11(17)5-3-10/h2-8,19H,9,18H2,1H3. The second-order valence-electron chi connectivity index (χ2n) is 4.60. The van der Waals surface area contributed by atoms with Crippen molar-refractivity contribution < 1.29 is 9.13 Å². The maximum absolute atomic E-state index is 13.0. The fourth-order valence-electron chi connectivity index (χ4n) is 2.43. The third kappa shape index (κ3) is 2.04. The largest absolute Gasteiger partial charge is 0.497 e. The smallest absolute Gasteiger partial charge is 0.123 e. The van der Waals surface area contributed by atoms with E-state index in [9.17, 15) is 4.39 Å². The summed E-state index contributed by atoms with van der Waals surface area (Å²) < 4.78 is 18.3. The van der Waals surface area contributed by atoms with E-state index in [1.807, 2.05) is 18.2 Å². The van der Waals surface area contributed by atoms with Gasteiger partial charge in [-0.2, -0.15) is 0 Å². The summed E-state index contributed by atoms with van der Waals surface area (Å²) in [5.74, 6) is 0.540. The highest BCUT2D eigenvalue weighted by Crippen LogP contribution is 2.32. The summed E-state index contributed by atoms with van der Waals surface area (Å²) in [6.45, 7) is 0.403. The molecule has 3 nitrogen and oxygen atoms in total. The minimum atomic E-state index is -0.249. The van der Waals surface area contributed by atoms with Crippen LogP contribution in [0.4, 0.5) is 4.39 Å². The fourth-order valence-corrected chi connectivity index (χ4v) is 2.43. The van der Waals surface area contributed by atoms with Gasteiger partial charge in [0.05, 0.1) is 12.8 Å². The van der Waals surface area contributed by atoms with Gasteiger partial charge in [0, 0.05) is 17.4 Å². The Labute approximate surface area is 116 Å². The number of fused-ring (bicyclic) bond motifs is 1. The highest BCUT2D eigenvalue weighted by Gasteiger charge is 2.12. The van der Waals surface area contributed by atoms with Crippen LogP contribution in [0.2, 0.25) is 0 Å². The molecule has 3 N–H and O–H groups in total. The Morgan fingerprint density at radius 1 is 1.15 bits per heavy atom. The van der Waals surface area contributed by atoms with Crippen molar-refractivity contribution in [2.45, 2.75) is 6.54 Å². The molecule has 0 aliphatic heterocycles. The quantitative estimate of drug-likeness (QED) is 0.766. The van der Waals surface area contributed by atoms with E-state index in [2.05, 4.69) is 4.98 Å². The molecule has 0 aliphatic rings. The molecule has 20 heavy (non-hydrogen) atoms. The first-order valence-electron chi connectivity index (χ1n) is 6.37. The summed E-state index contributed by atoms with van der Waals surface area (Å²) in [6.07, 6.45) is 0. The van der Waals surface area contributed by atoms with Crippen LogP contribution in [-0.4, -0.2) is 12.1 Å². The maximum atomic E-state index is 13.0. The summed E-state index contributed by atoms with van der Waals surface area (Å²) in [5, 5.41) is 1.03. The first-order valence-corrected chi connectivity index (χ1v) is 6.37. The van der Waals surface area contributed by atoms with Gasteiger partial charge in [0.2, 0.25) is 0 Å². The molecule has 0 atom stereocenters. The normalized spacial score (nSPS) is 10.9. The van der Waals surface area contributed by atoms with E-state index in [-0.39, 0.29) is 5.82 Å². The van der Waals surface area contributed by atoms with Gasteiger partial charge in [-0.1, -0.05) is 0 Å². The van der Waals surface area contributed by atoms with Crippen molar-refractivity contribution >= 4 is 10.9 Å². The molecule has 0 radical (unpaired) electrons. The lowest BCUT2D eigenvalue weighted by Crippen LogP contribution is -1.97. The van der Waals surface area contributed by atoms with Gasteiger partial charge in [0.25, 0.3) is 0 Å². The molecule has 0 bridgehead atoms. The molecule has 0 spiro atoms. The molecule has 3 rings (SSSR count). The predicted octanol–water partition coefficient (Wildman–Crippen LogP) is 3.44. The highest BCUT2D eigenvalue weighted by molar-refractivity contribution is 5.91. The first-order chi connectivity index (χ1) is 9.72. The van der Waals surface area contributed by atoms with Crippen molar-refractivity contribution in [1.29, 1.82) is 0 Å². The molecule has 2 aromatic carbocycles. The number of nitrogens with one attached hydrogen (secondary N) is 1. The van der Waals surface area contributed by atoms with Crippen LogP contribution in [0.25, 0.3) is 22.2 Å². The minimum Gasteiger partial charge on any atom is -0.497 e. The molecule has 0 fully saturated rings. The predicted molar refractivity (Wildman–Crippen MR) is 78.1 cm³/mol. The van der Waals surface area contributed by atoms with E-state index < -0.39 is 0 Å². The molecule has 1 aromatic heterocycles. The summed E-state index contributed by atoms with van der Waals surface area (Å²) in [5.41, 5.74) is 9.73. The number of ether oxygens (including phenoxy) is 1. The Morgan fingerprint density at radius 3 is 2.55 bits per heavy atom. The van der Waals surface area contributed by atoms with Crippen LogP contribution in [0, 0.1) is 5.82 Å². The van der Waals surface area contributed by atoms with Gasteiger partial charge in [-0.05, 0) is 53.6 Å². The molecule has 0 saturated heterocycles. The van der Waals surface area contributed by atoms with E-state index in [1.165, 1.54) is 12.1 Å². The van der Waals surface area contributed by atoms with E-state index in [4.69, 9.17) is 10.5 Å². The van der Waals surface area contributed by atoms with Crippen molar-refractivity contribution in [2.24, 2.45) is 5.73 Å². The Morgan fingerprint density at radius 2 is 1.90 bits per heavy atom. The number of aromatic nitrogens is 1. The molecular weight excluding hydrogens is 255 g/mol. The van der Waals surface area contributed by atoms with E-state index >= 15 is 0 Å². The van der Waals surface area contributed by atoms with Crippen LogP contribution < -0.4 is 10.5 Å². The second-order valence-corrected chi connectivity index (χ2v) is 4.60. The summed E-state index contributed by atoms with van der Waals surface area (Å²) in [6, 6.07) is 12.2. The molecule has 102 valence electrons. The van der Waals surface area contributed by atoms with Gasteiger partial charge in [-0.3, -0.25) is 0 Å². The molecule has 0 amide bonds. The van der Waals surface area contributed by atoms with Crippen molar-refractivity contribution in [2.75, 3.05) is 7.11 Å². The summed E-state index contributed by atoms with van der Waals surface area (Å²) >= 11 is 0. The van der Waals surface area contributed by atoms with Crippen LogP contribution in [-0.2, 0) is 6.54 Å². The van der Waals surface area contributed by atoms with Gasteiger partial charge < -0.3 is 15.5 Å². The molecule has 0 aliphatic carbocycles. The summed E-state index contributed by atoms with van der Waals surface area (Å²) in [4.78, 5) is 3.34. The van der Waals surface area contributed by atoms with Gasteiger partial charge in [-0.15, -0.1) is 0 Å². The third-order valence-electron chi connectivity index (χ3n) is 3.45. The Hall–Kier alpha value is -2.33. The molecule has 4 heteroatoms. The second kappa shape index (κ2) is 4.98. The fraction of sp³-hybridized carbons (Fsp3) is 0.125. The zero-order valence-electron chi connectivity index (χ0n) is 11.1.